The Morgan fingerprint density at radius 1 is 1.13 bits per heavy atom. The molecule has 2 saturated heterocycles. The molecule has 0 saturated carbocycles. The monoisotopic (exact) mass is 526 g/mol. The standard InChI is InChI=1S/C30H34N6O3/c1-17-19-16-20-21-15-18-5-6-22(38-3)26-23(18)30(20,7-10-34(21)2)27(39-26)25(19)33-24(17)28(37)35-11-13-36(14-12-35)29-31-8-4-9-32-29/h4-6,8-9,20-21,27,33H,7,10-16H2,1-3H3/t20?,21-,27-,30-/m0/s1. The number of ether oxygens (including phenoxy) is 2. The Morgan fingerprint density at radius 3 is 2.69 bits per heavy atom. The van der Waals surface area contributed by atoms with E-state index in [0.717, 1.165) is 67.6 Å². The molecule has 1 aromatic carbocycles. The third-order valence-corrected chi connectivity index (χ3v) is 10.3. The molecule has 2 aromatic heterocycles. The van der Waals surface area contributed by atoms with Gasteiger partial charge < -0.3 is 29.2 Å². The molecule has 3 aliphatic heterocycles. The Morgan fingerprint density at radius 2 is 1.92 bits per heavy atom. The molecule has 1 N–H and O–H groups in total. The van der Waals surface area contributed by atoms with Crippen LogP contribution in [0.2, 0.25) is 0 Å². The van der Waals surface area contributed by atoms with Gasteiger partial charge in [-0.1, -0.05) is 6.07 Å². The maximum atomic E-state index is 13.9. The Balaban J connectivity index is 1.15. The predicted octanol–water partition coefficient (Wildman–Crippen LogP) is 2.89. The number of piperidine rings is 1. The summed E-state index contributed by atoms with van der Waals surface area (Å²) in [6.07, 6.45) is 6.45. The van der Waals surface area contributed by atoms with Crippen LogP contribution in [0.4, 0.5) is 5.95 Å². The van der Waals surface area contributed by atoms with E-state index in [4.69, 9.17) is 9.47 Å². The van der Waals surface area contributed by atoms with E-state index in [0.29, 0.717) is 30.7 Å². The fourth-order valence-corrected chi connectivity index (χ4v) is 8.37. The molecule has 8 rings (SSSR count). The van der Waals surface area contributed by atoms with E-state index in [2.05, 4.69) is 50.9 Å². The molecule has 202 valence electrons. The average molecular weight is 527 g/mol. The number of carbonyl (C=O) groups is 1. The largest absolute Gasteiger partial charge is 0.493 e. The van der Waals surface area contributed by atoms with Gasteiger partial charge in [-0.2, -0.15) is 0 Å². The van der Waals surface area contributed by atoms with Crippen molar-refractivity contribution in [2.24, 2.45) is 5.92 Å². The van der Waals surface area contributed by atoms with Crippen molar-refractivity contribution in [1.82, 2.24) is 24.8 Å². The van der Waals surface area contributed by atoms with Gasteiger partial charge in [-0.3, -0.25) is 4.79 Å². The van der Waals surface area contributed by atoms with Crippen LogP contribution < -0.4 is 14.4 Å². The highest BCUT2D eigenvalue weighted by Gasteiger charge is 2.65. The van der Waals surface area contributed by atoms with Crippen LogP contribution in [-0.2, 0) is 18.3 Å². The molecule has 4 atom stereocenters. The molecule has 2 aliphatic carbocycles. The van der Waals surface area contributed by atoms with E-state index in [1.165, 1.54) is 16.7 Å². The van der Waals surface area contributed by atoms with Gasteiger partial charge in [-0.25, -0.2) is 9.97 Å². The average Bonchev–Trinajstić information content (AvgIpc) is 3.49. The predicted molar refractivity (Wildman–Crippen MR) is 146 cm³/mol. The summed E-state index contributed by atoms with van der Waals surface area (Å²) < 4.78 is 12.7. The number of anilines is 1. The van der Waals surface area contributed by atoms with Gasteiger partial charge in [-0.15, -0.1) is 0 Å². The third-order valence-electron chi connectivity index (χ3n) is 10.3. The number of likely N-dealkylation sites (tertiary alicyclic amines) is 1. The number of aromatic amines is 1. The van der Waals surface area contributed by atoms with E-state index in [9.17, 15) is 4.79 Å². The van der Waals surface area contributed by atoms with Crippen LogP contribution in [0.3, 0.4) is 0 Å². The number of likely N-dealkylation sites (N-methyl/N-ethyl adjacent to an activating group) is 1. The molecule has 2 fully saturated rings. The number of H-pyrrole nitrogens is 1. The van der Waals surface area contributed by atoms with Crippen molar-refractivity contribution < 1.29 is 14.3 Å². The van der Waals surface area contributed by atoms with Crippen LogP contribution in [0, 0.1) is 12.8 Å². The summed E-state index contributed by atoms with van der Waals surface area (Å²) in [7, 11) is 4.00. The number of nitrogens with zero attached hydrogens (tertiary/aromatic N) is 5. The van der Waals surface area contributed by atoms with E-state index < -0.39 is 0 Å². The van der Waals surface area contributed by atoms with Gasteiger partial charge in [0.2, 0.25) is 5.95 Å². The topological polar surface area (TPSA) is 86.8 Å². The molecule has 1 unspecified atom stereocenters. The van der Waals surface area contributed by atoms with Crippen LogP contribution in [0.15, 0.2) is 30.6 Å². The van der Waals surface area contributed by atoms with Gasteiger partial charge in [0.25, 0.3) is 5.91 Å². The number of benzene rings is 1. The van der Waals surface area contributed by atoms with E-state index in [-0.39, 0.29) is 17.4 Å². The molecule has 9 nitrogen and oxygen atoms in total. The number of hydrogen-bond donors (Lipinski definition) is 1. The highest BCUT2D eigenvalue weighted by Crippen LogP contribution is 2.67. The van der Waals surface area contributed by atoms with Crippen LogP contribution in [-0.4, -0.2) is 83.6 Å². The summed E-state index contributed by atoms with van der Waals surface area (Å²) >= 11 is 0. The normalized spacial score (nSPS) is 28.5. The molecule has 5 aliphatic rings. The number of nitrogens with one attached hydrogen (secondary N) is 1. The van der Waals surface area contributed by atoms with Gasteiger partial charge in [-0.05, 0) is 74.5 Å². The summed E-state index contributed by atoms with van der Waals surface area (Å²) in [6.45, 7) is 5.89. The van der Waals surface area contributed by atoms with Gasteiger partial charge in [0.05, 0.1) is 12.8 Å². The summed E-state index contributed by atoms with van der Waals surface area (Å²) in [4.78, 5) is 33.0. The van der Waals surface area contributed by atoms with Crippen LogP contribution in [0.25, 0.3) is 0 Å². The van der Waals surface area contributed by atoms with Crippen molar-refractivity contribution in [3.8, 4) is 11.5 Å². The van der Waals surface area contributed by atoms with Crippen molar-refractivity contribution in [2.75, 3.05) is 51.8 Å². The third kappa shape index (κ3) is 3.02. The molecular formula is C30H34N6O3. The van der Waals surface area contributed by atoms with Crippen molar-refractivity contribution >= 4 is 11.9 Å². The fraction of sp³-hybridized carbons (Fsp3) is 0.500. The Bertz CT molecular complexity index is 1480. The lowest BCUT2D eigenvalue weighted by Gasteiger charge is -2.57. The molecule has 0 radical (unpaired) electrons. The zero-order valence-electron chi connectivity index (χ0n) is 22.7. The smallest absolute Gasteiger partial charge is 0.270 e. The summed E-state index contributed by atoms with van der Waals surface area (Å²) in [6, 6.07) is 6.60. The summed E-state index contributed by atoms with van der Waals surface area (Å²) in [5.74, 6) is 2.98. The van der Waals surface area contributed by atoms with Gasteiger partial charge in [0.15, 0.2) is 11.5 Å². The summed E-state index contributed by atoms with van der Waals surface area (Å²) in [5, 5.41) is 0. The Labute approximate surface area is 228 Å². The number of rotatable bonds is 3. The quantitative estimate of drug-likeness (QED) is 0.562. The van der Waals surface area contributed by atoms with E-state index in [1.54, 1.807) is 19.5 Å². The number of aromatic nitrogens is 3. The molecule has 1 spiro atoms. The van der Waals surface area contributed by atoms with Crippen LogP contribution >= 0.6 is 0 Å². The first kappa shape index (κ1) is 23.3. The van der Waals surface area contributed by atoms with Gasteiger partial charge in [0.1, 0.15) is 11.8 Å². The zero-order chi connectivity index (χ0) is 26.5. The lowest BCUT2D eigenvalue weighted by atomic mass is 9.51. The maximum absolute atomic E-state index is 13.9. The van der Waals surface area contributed by atoms with Crippen molar-refractivity contribution in [3.63, 3.8) is 0 Å². The van der Waals surface area contributed by atoms with Gasteiger partial charge in [0, 0.05) is 55.6 Å². The molecule has 3 aromatic rings. The number of carbonyl (C=O) groups excluding carboxylic acids is 1. The van der Waals surface area contributed by atoms with E-state index >= 15 is 0 Å². The number of amides is 1. The number of fused-ring (bicyclic) bond motifs is 2. The molecule has 1 amide bonds. The highest BCUT2D eigenvalue weighted by molar-refractivity contribution is 5.95. The SMILES string of the molecule is COc1ccc2c3c1O[C@H]1c4[nH]c(C(=O)N5CCN(c6ncccn6)CC5)c(C)c4CC4[C@H](C2)N(C)CC[C@@]341. The minimum absolute atomic E-state index is 0.0740. The maximum Gasteiger partial charge on any atom is 0.270 e. The number of hydrogen-bond acceptors (Lipinski definition) is 7. The van der Waals surface area contributed by atoms with Gasteiger partial charge >= 0.3 is 0 Å². The van der Waals surface area contributed by atoms with Crippen LogP contribution in [0.1, 0.15) is 51.0 Å². The number of methoxy groups -OCH3 is 1. The second kappa shape index (κ2) is 8.21. The van der Waals surface area contributed by atoms with E-state index in [1.807, 2.05) is 11.0 Å². The van der Waals surface area contributed by atoms with Crippen molar-refractivity contribution in [3.05, 3.63) is 64.2 Å². The first-order valence-corrected chi connectivity index (χ1v) is 14.1. The minimum atomic E-state index is -0.125. The first-order valence-electron chi connectivity index (χ1n) is 14.1. The van der Waals surface area contributed by atoms with Crippen LogP contribution in [0.5, 0.6) is 11.5 Å². The first-order chi connectivity index (χ1) is 19.0. The highest BCUT2D eigenvalue weighted by atomic mass is 16.5. The Kier molecular flexibility index (Phi) is 4.91. The lowest BCUT2D eigenvalue weighted by molar-refractivity contribution is -0.0256. The second-order valence-electron chi connectivity index (χ2n) is 11.8. The molecular weight excluding hydrogens is 492 g/mol. The molecule has 5 heterocycles. The lowest BCUT2D eigenvalue weighted by Crippen LogP contribution is -2.62. The minimum Gasteiger partial charge on any atom is -0.493 e. The Hall–Kier alpha value is -3.59. The fourth-order valence-electron chi connectivity index (χ4n) is 8.37. The van der Waals surface area contributed by atoms with Crippen molar-refractivity contribution in [2.45, 2.75) is 43.7 Å². The summed E-state index contributed by atoms with van der Waals surface area (Å²) in [5.41, 5.74) is 6.84. The molecule has 9 heteroatoms. The second-order valence-corrected chi connectivity index (χ2v) is 11.8. The zero-order valence-corrected chi connectivity index (χ0v) is 22.7. The molecule has 2 bridgehead atoms. The number of piperazine rings is 1. The molecule has 39 heavy (non-hydrogen) atoms. The van der Waals surface area contributed by atoms with Crippen molar-refractivity contribution in [1.29, 1.82) is 0 Å².